The van der Waals surface area contributed by atoms with Gasteiger partial charge in [-0.1, -0.05) is 24.6 Å². The molecular formula is C13H20ClN3. The van der Waals surface area contributed by atoms with Crippen molar-refractivity contribution in [1.29, 1.82) is 0 Å². The monoisotopic (exact) mass is 253 g/mol. The highest BCUT2D eigenvalue weighted by Crippen LogP contribution is 2.24. The standard InChI is InChI=1S/C13H20ClN3/c1-10-4-6-17(9-12(10)7-15)8-11-3-2-5-16-13(11)14/h2-3,5,10,12H,4,6-9,15H2,1H3. The molecule has 3 nitrogen and oxygen atoms in total. The first kappa shape index (κ1) is 12.8. The molecule has 0 aliphatic carbocycles. The van der Waals surface area contributed by atoms with Gasteiger partial charge in [0.1, 0.15) is 5.15 Å². The van der Waals surface area contributed by atoms with Crippen LogP contribution in [0.1, 0.15) is 18.9 Å². The summed E-state index contributed by atoms with van der Waals surface area (Å²) in [5, 5.41) is 0.621. The second-order valence-electron chi connectivity index (χ2n) is 4.95. The fourth-order valence-electron chi connectivity index (χ4n) is 2.45. The van der Waals surface area contributed by atoms with Gasteiger partial charge in [0.25, 0.3) is 0 Å². The predicted molar refractivity (Wildman–Crippen MR) is 70.8 cm³/mol. The van der Waals surface area contributed by atoms with Crippen molar-refractivity contribution in [1.82, 2.24) is 9.88 Å². The molecule has 0 bridgehead atoms. The largest absolute Gasteiger partial charge is 0.330 e. The van der Waals surface area contributed by atoms with E-state index in [2.05, 4.69) is 16.8 Å². The van der Waals surface area contributed by atoms with Crippen LogP contribution in [0.3, 0.4) is 0 Å². The average Bonchev–Trinajstić information content (AvgIpc) is 2.34. The van der Waals surface area contributed by atoms with Crippen LogP contribution in [0, 0.1) is 11.8 Å². The maximum atomic E-state index is 6.08. The van der Waals surface area contributed by atoms with Crippen LogP contribution in [0.25, 0.3) is 0 Å². The van der Waals surface area contributed by atoms with Crippen molar-refractivity contribution in [2.75, 3.05) is 19.6 Å². The molecule has 0 amide bonds. The first-order chi connectivity index (χ1) is 8.20. The molecule has 2 N–H and O–H groups in total. The number of likely N-dealkylation sites (tertiary alicyclic amines) is 1. The van der Waals surface area contributed by atoms with Gasteiger partial charge < -0.3 is 5.73 Å². The van der Waals surface area contributed by atoms with Crippen LogP contribution in [0.15, 0.2) is 18.3 Å². The van der Waals surface area contributed by atoms with Gasteiger partial charge in [-0.05, 0) is 37.4 Å². The van der Waals surface area contributed by atoms with Crippen molar-refractivity contribution < 1.29 is 0 Å². The number of aromatic nitrogens is 1. The van der Waals surface area contributed by atoms with E-state index in [1.165, 1.54) is 6.42 Å². The Bertz CT molecular complexity index is 369. The maximum Gasteiger partial charge on any atom is 0.133 e. The molecule has 17 heavy (non-hydrogen) atoms. The SMILES string of the molecule is CC1CCN(Cc2cccnc2Cl)CC1CN. The first-order valence-electron chi connectivity index (χ1n) is 6.22. The molecule has 2 rings (SSSR count). The lowest BCUT2D eigenvalue weighted by Crippen LogP contribution is -2.42. The zero-order chi connectivity index (χ0) is 12.3. The van der Waals surface area contributed by atoms with Crippen LogP contribution in [-0.2, 0) is 6.54 Å². The Morgan fingerprint density at radius 1 is 1.59 bits per heavy atom. The smallest absolute Gasteiger partial charge is 0.133 e. The number of pyridine rings is 1. The second kappa shape index (κ2) is 5.80. The zero-order valence-electron chi connectivity index (χ0n) is 10.3. The summed E-state index contributed by atoms with van der Waals surface area (Å²) in [7, 11) is 0. The third-order valence-corrected chi connectivity index (χ3v) is 4.07. The number of hydrogen-bond acceptors (Lipinski definition) is 3. The molecule has 2 atom stereocenters. The molecule has 0 radical (unpaired) electrons. The van der Waals surface area contributed by atoms with Crippen molar-refractivity contribution in [3.63, 3.8) is 0 Å². The van der Waals surface area contributed by atoms with E-state index < -0.39 is 0 Å². The topological polar surface area (TPSA) is 42.2 Å². The Labute approximate surface area is 108 Å². The highest BCUT2D eigenvalue weighted by molar-refractivity contribution is 6.30. The Morgan fingerprint density at radius 2 is 2.41 bits per heavy atom. The summed E-state index contributed by atoms with van der Waals surface area (Å²) in [6.45, 7) is 6.16. The minimum absolute atomic E-state index is 0.610. The van der Waals surface area contributed by atoms with E-state index >= 15 is 0 Å². The van der Waals surface area contributed by atoms with Crippen molar-refractivity contribution in [3.05, 3.63) is 29.0 Å². The molecular weight excluding hydrogens is 234 g/mol. The number of rotatable bonds is 3. The van der Waals surface area contributed by atoms with Gasteiger partial charge in [-0.25, -0.2) is 4.98 Å². The summed E-state index contributed by atoms with van der Waals surface area (Å²) in [6, 6.07) is 3.99. The number of nitrogens with two attached hydrogens (primary N) is 1. The average molecular weight is 254 g/mol. The van der Waals surface area contributed by atoms with Crippen LogP contribution in [0.4, 0.5) is 0 Å². The molecule has 0 aromatic carbocycles. The highest BCUT2D eigenvalue weighted by atomic mass is 35.5. The number of hydrogen-bond donors (Lipinski definition) is 1. The van der Waals surface area contributed by atoms with E-state index in [1.54, 1.807) is 6.20 Å². The maximum absolute atomic E-state index is 6.08. The summed E-state index contributed by atoms with van der Waals surface area (Å²) >= 11 is 6.08. The summed E-state index contributed by atoms with van der Waals surface area (Å²) < 4.78 is 0. The van der Waals surface area contributed by atoms with Crippen LogP contribution in [0.5, 0.6) is 0 Å². The molecule has 94 valence electrons. The minimum Gasteiger partial charge on any atom is -0.330 e. The summed E-state index contributed by atoms with van der Waals surface area (Å²) in [4.78, 5) is 6.54. The van der Waals surface area contributed by atoms with E-state index in [-0.39, 0.29) is 0 Å². The zero-order valence-corrected chi connectivity index (χ0v) is 11.0. The molecule has 2 heterocycles. The third kappa shape index (κ3) is 3.18. The lowest BCUT2D eigenvalue weighted by Gasteiger charge is -2.36. The van der Waals surface area contributed by atoms with Gasteiger partial charge in [-0.3, -0.25) is 4.90 Å². The van der Waals surface area contributed by atoms with E-state index in [1.807, 2.05) is 12.1 Å². The van der Waals surface area contributed by atoms with E-state index in [0.717, 1.165) is 37.7 Å². The summed E-state index contributed by atoms with van der Waals surface area (Å²) in [6.07, 6.45) is 2.95. The quantitative estimate of drug-likeness (QED) is 0.840. The second-order valence-corrected chi connectivity index (χ2v) is 5.31. The third-order valence-electron chi connectivity index (χ3n) is 3.73. The fourth-order valence-corrected chi connectivity index (χ4v) is 2.63. The lowest BCUT2D eigenvalue weighted by atomic mass is 9.87. The van der Waals surface area contributed by atoms with Crippen molar-refractivity contribution in [2.24, 2.45) is 17.6 Å². The highest BCUT2D eigenvalue weighted by Gasteiger charge is 2.25. The molecule has 0 spiro atoms. The van der Waals surface area contributed by atoms with E-state index in [9.17, 15) is 0 Å². The number of halogens is 1. The summed E-state index contributed by atoms with van der Waals surface area (Å²) in [5.74, 6) is 1.35. The fraction of sp³-hybridized carbons (Fsp3) is 0.615. The molecule has 1 fully saturated rings. The molecule has 1 aliphatic heterocycles. The van der Waals surface area contributed by atoms with Crippen molar-refractivity contribution >= 4 is 11.6 Å². The Morgan fingerprint density at radius 3 is 3.12 bits per heavy atom. The minimum atomic E-state index is 0.610. The lowest BCUT2D eigenvalue weighted by molar-refractivity contribution is 0.126. The van der Waals surface area contributed by atoms with Gasteiger partial charge in [-0.15, -0.1) is 0 Å². The van der Waals surface area contributed by atoms with E-state index in [0.29, 0.717) is 11.1 Å². The predicted octanol–water partition coefficient (Wildman–Crippen LogP) is 2.15. The molecule has 0 saturated carbocycles. The Balaban J connectivity index is 1.98. The molecule has 1 aliphatic rings. The van der Waals surface area contributed by atoms with Gasteiger partial charge in [-0.2, -0.15) is 0 Å². The van der Waals surface area contributed by atoms with Crippen LogP contribution < -0.4 is 5.73 Å². The van der Waals surface area contributed by atoms with Gasteiger partial charge >= 0.3 is 0 Å². The Kier molecular flexibility index (Phi) is 4.37. The molecule has 1 saturated heterocycles. The van der Waals surface area contributed by atoms with Gasteiger partial charge in [0, 0.05) is 24.8 Å². The van der Waals surface area contributed by atoms with Crippen LogP contribution in [-0.4, -0.2) is 29.5 Å². The summed E-state index contributed by atoms with van der Waals surface area (Å²) in [5.41, 5.74) is 6.92. The number of nitrogens with zero attached hydrogens (tertiary/aromatic N) is 2. The molecule has 4 heteroatoms. The van der Waals surface area contributed by atoms with Crippen molar-refractivity contribution in [2.45, 2.75) is 19.9 Å². The number of piperidine rings is 1. The normalized spacial score (nSPS) is 26.1. The van der Waals surface area contributed by atoms with Crippen molar-refractivity contribution in [3.8, 4) is 0 Å². The van der Waals surface area contributed by atoms with Gasteiger partial charge in [0.05, 0.1) is 0 Å². The van der Waals surface area contributed by atoms with Crippen LogP contribution >= 0.6 is 11.6 Å². The van der Waals surface area contributed by atoms with Gasteiger partial charge in [0.2, 0.25) is 0 Å². The molecule has 1 aromatic heterocycles. The van der Waals surface area contributed by atoms with E-state index in [4.69, 9.17) is 17.3 Å². The Hall–Kier alpha value is -0.640. The molecule has 2 unspecified atom stereocenters. The first-order valence-corrected chi connectivity index (χ1v) is 6.60. The van der Waals surface area contributed by atoms with Crippen LogP contribution in [0.2, 0.25) is 5.15 Å². The molecule has 1 aromatic rings. The van der Waals surface area contributed by atoms with Gasteiger partial charge in [0.15, 0.2) is 0 Å².